The van der Waals surface area contributed by atoms with E-state index in [1.807, 2.05) is 56.3 Å². The van der Waals surface area contributed by atoms with Crippen LogP contribution >= 0.6 is 22.6 Å². The summed E-state index contributed by atoms with van der Waals surface area (Å²) >= 11 is 2.21. The quantitative estimate of drug-likeness (QED) is 0.301. The molecule has 2 rings (SSSR count). The van der Waals surface area contributed by atoms with Crippen molar-refractivity contribution >= 4 is 40.2 Å². The molecular formula is C21H24INO5. The molecule has 0 saturated heterocycles. The maximum Gasteiger partial charge on any atom is 0.306 e. The number of para-hydroxylation sites is 2. The molecule has 0 bridgehead atoms. The monoisotopic (exact) mass is 497 g/mol. The number of hydrogen-bond acceptors (Lipinski definition) is 5. The number of amides is 1. The summed E-state index contributed by atoms with van der Waals surface area (Å²) in [5, 5.41) is 2.74. The van der Waals surface area contributed by atoms with Gasteiger partial charge in [0.25, 0.3) is 5.91 Å². The van der Waals surface area contributed by atoms with E-state index in [0.29, 0.717) is 36.8 Å². The first-order chi connectivity index (χ1) is 13.5. The van der Waals surface area contributed by atoms with Crippen LogP contribution in [0.2, 0.25) is 0 Å². The number of esters is 1. The minimum absolute atomic E-state index is 0.173. The highest BCUT2D eigenvalue weighted by atomic mass is 127. The van der Waals surface area contributed by atoms with E-state index in [9.17, 15) is 9.59 Å². The SMILES string of the molecule is CCOc1ccccc1OCCCC(=O)OCC(=O)Nc1ccc(I)cc1C. The zero-order chi connectivity index (χ0) is 20.4. The van der Waals surface area contributed by atoms with Crippen molar-refractivity contribution < 1.29 is 23.8 Å². The molecule has 0 fully saturated rings. The van der Waals surface area contributed by atoms with Crippen molar-refractivity contribution in [2.45, 2.75) is 26.7 Å². The van der Waals surface area contributed by atoms with Crippen LogP contribution in [0.4, 0.5) is 5.69 Å². The van der Waals surface area contributed by atoms with Crippen molar-refractivity contribution in [3.05, 3.63) is 51.6 Å². The summed E-state index contributed by atoms with van der Waals surface area (Å²) < 4.78 is 17.2. The summed E-state index contributed by atoms with van der Waals surface area (Å²) in [4.78, 5) is 23.7. The predicted molar refractivity (Wildman–Crippen MR) is 116 cm³/mol. The van der Waals surface area contributed by atoms with Gasteiger partial charge in [-0.05, 0) is 78.8 Å². The molecule has 7 heteroatoms. The number of halogens is 1. The highest BCUT2D eigenvalue weighted by Crippen LogP contribution is 2.26. The largest absolute Gasteiger partial charge is 0.490 e. The minimum atomic E-state index is -0.434. The Labute approximate surface area is 178 Å². The summed E-state index contributed by atoms with van der Waals surface area (Å²) in [7, 11) is 0. The predicted octanol–water partition coefficient (Wildman–Crippen LogP) is 4.34. The first-order valence-electron chi connectivity index (χ1n) is 9.06. The van der Waals surface area contributed by atoms with E-state index in [2.05, 4.69) is 27.9 Å². The van der Waals surface area contributed by atoms with Gasteiger partial charge in [0.15, 0.2) is 18.1 Å². The van der Waals surface area contributed by atoms with Crippen LogP contribution in [0.3, 0.4) is 0 Å². The number of carbonyl (C=O) groups is 2. The molecule has 0 aromatic heterocycles. The third-order valence-corrected chi connectivity index (χ3v) is 4.43. The number of nitrogens with one attached hydrogen (secondary N) is 1. The highest BCUT2D eigenvalue weighted by Gasteiger charge is 2.10. The van der Waals surface area contributed by atoms with Crippen LogP contribution in [0.25, 0.3) is 0 Å². The van der Waals surface area contributed by atoms with Crippen molar-refractivity contribution in [3.8, 4) is 11.5 Å². The van der Waals surface area contributed by atoms with Gasteiger partial charge in [0.05, 0.1) is 13.2 Å². The Kier molecular flexibility index (Phi) is 9.06. The molecule has 0 radical (unpaired) electrons. The van der Waals surface area contributed by atoms with Crippen LogP contribution in [0, 0.1) is 10.5 Å². The number of aryl methyl sites for hydroxylation is 1. The van der Waals surface area contributed by atoms with E-state index >= 15 is 0 Å². The molecule has 0 aliphatic rings. The Bertz CT molecular complexity index is 809. The van der Waals surface area contributed by atoms with Crippen LogP contribution in [-0.4, -0.2) is 31.7 Å². The van der Waals surface area contributed by atoms with E-state index in [4.69, 9.17) is 14.2 Å². The van der Waals surface area contributed by atoms with E-state index in [1.165, 1.54) is 0 Å². The van der Waals surface area contributed by atoms with Gasteiger partial charge in [0.1, 0.15) is 0 Å². The molecule has 0 saturated carbocycles. The van der Waals surface area contributed by atoms with E-state index in [-0.39, 0.29) is 18.9 Å². The van der Waals surface area contributed by atoms with Gasteiger partial charge < -0.3 is 19.5 Å². The number of anilines is 1. The van der Waals surface area contributed by atoms with Gasteiger partial charge in [-0.2, -0.15) is 0 Å². The smallest absolute Gasteiger partial charge is 0.306 e. The van der Waals surface area contributed by atoms with Gasteiger partial charge in [-0.1, -0.05) is 12.1 Å². The molecule has 0 heterocycles. The fourth-order valence-corrected chi connectivity index (χ4v) is 3.06. The van der Waals surface area contributed by atoms with Gasteiger partial charge >= 0.3 is 5.97 Å². The van der Waals surface area contributed by atoms with Crippen molar-refractivity contribution in [3.63, 3.8) is 0 Å². The lowest BCUT2D eigenvalue weighted by molar-refractivity contribution is -0.147. The van der Waals surface area contributed by atoms with Gasteiger partial charge in [-0.3, -0.25) is 9.59 Å². The molecule has 2 aromatic carbocycles. The summed E-state index contributed by atoms with van der Waals surface area (Å²) in [6, 6.07) is 13.1. The maximum atomic E-state index is 11.9. The Morgan fingerprint density at radius 3 is 2.46 bits per heavy atom. The normalized spacial score (nSPS) is 10.2. The van der Waals surface area contributed by atoms with Crippen LogP contribution in [-0.2, 0) is 14.3 Å². The van der Waals surface area contributed by atoms with Crippen molar-refractivity contribution in [2.75, 3.05) is 25.1 Å². The van der Waals surface area contributed by atoms with Gasteiger partial charge in [0, 0.05) is 15.7 Å². The third-order valence-electron chi connectivity index (χ3n) is 3.76. The zero-order valence-corrected chi connectivity index (χ0v) is 18.2. The van der Waals surface area contributed by atoms with E-state index < -0.39 is 5.97 Å². The lowest BCUT2D eigenvalue weighted by atomic mass is 10.2. The zero-order valence-electron chi connectivity index (χ0n) is 16.0. The molecule has 28 heavy (non-hydrogen) atoms. The lowest BCUT2D eigenvalue weighted by Gasteiger charge is -2.11. The second-order valence-corrected chi connectivity index (χ2v) is 7.25. The first-order valence-corrected chi connectivity index (χ1v) is 10.1. The number of hydrogen-bond donors (Lipinski definition) is 1. The van der Waals surface area contributed by atoms with Crippen molar-refractivity contribution in [1.29, 1.82) is 0 Å². The Morgan fingerprint density at radius 2 is 1.79 bits per heavy atom. The number of benzene rings is 2. The van der Waals surface area contributed by atoms with E-state index in [1.54, 1.807) is 0 Å². The molecule has 150 valence electrons. The molecular weight excluding hydrogens is 473 g/mol. The highest BCUT2D eigenvalue weighted by molar-refractivity contribution is 14.1. The summed E-state index contributed by atoms with van der Waals surface area (Å²) in [6.07, 6.45) is 0.657. The Morgan fingerprint density at radius 1 is 1.07 bits per heavy atom. The van der Waals surface area contributed by atoms with Crippen molar-refractivity contribution in [1.82, 2.24) is 0 Å². The summed E-state index contributed by atoms with van der Waals surface area (Å²) in [6.45, 7) is 4.41. The maximum absolute atomic E-state index is 11.9. The third kappa shape index (κ3) is 7.38. The standard InChI is InChI=1S/C21H24INO5/c1-3-26-18-7-4-5-8-19(18)27-12-6-9-21(25)28-14-20(24)23-17-11-10-16(22)13-15(17)2/h4-5,7-8,10-11,13H,3,6,9,12,14H2,1-2H3,(H,23,24). The van der Waals surface area contributed by atoms with Crippen LogP contribution in [0.1, 0.15) is 25.3 Å². The van der Waals surface area contributed by atoms with Gasteiger partial charge in [0.2, 0.25) is 0 Å². The average molecular weight is 497 g/mol. The lowest BCUT2D eigenvalue weighted by Crippen LogP contribution is -2.21. The first kappa shape index (κ1) is 22.0. The molecule has 0 aliphatic carbocycles. The minimum Gasteiger partial charge on any atom is -0.490 e. The van der Waals surface area contributed by atoms with Crippen LogP contribution in [0.15, 0.2) is 42.5 Å². The van der Waals surface area contributed by atoms with E-state index in [0.717, 1.165) is 9.13 Å². The fourth-order valence-electron chi connectivity index (χ4n) is 2.41. The Balaban J connectivity index is 1.66. The number of rotatable bonds is 10. The van der Waals surface area contributed by atoms with Crippen molar-refractivity contribution in [2.24, 2.45) is 0 Å². The van der Waals surface area contributed by atoms with Crippen LogP contribution in [0.5, 0.6) is 11.5 Å². The Hall–Kier alpha value is -2.29. The average Bonchev–Trinajstić information content (AvgIpc) is 2.67. The second-order valence-electron chi connectivity index (χ2n) is 6.00. The van der Waals surface area contributed by atoms with Gasteiger partial charge in [-0.15, -0.1) is 0 Å². The molecule has 0 spiro atoms. The molecule has 1 N–H and O–H groups in total. The summed E-state index contributed by atoms with van der Waals surface area (Å²) in [5.74, 6) is 0.524. The second kappa shape index (κ2) is 11.5. The molecule has 1 amide bonds. The molecule has 0 unspecified atom stereocenters. The topological polar surface area (TPSA) is 73.9 Å². The molecule has 6 nitrogen and oxygen atoms in total. The van der Waals surface area contributed by atoms with Crippen LogP contribution < -0.4 is 14.8 Å². The van der Waals surface area contributed by atoms with Gasteiger partial charge in [-0.25, -0.2) is 0 Å². The summed E-state index contributed by atoms with van der Waals surface area (Å²) in [5.41, 5.74) is 1.67. The molecule has 0 atom stereocenters. The molecule has 0 aliphatic heterocycles. The number of carbonyl (C=O) groups excluding carboxylic acids is 2. The number of ether oxygens (including phenoxy) is 3. The molecule has 2 aromatic rings. The fraction of sp³-hybridized carbons (Fsp3) is 0.333.